The molecule has 0 saturated carbocycles. The van der Waals surface area contributed by atoms with Crippen molar-refractivity contribution in [3.05, 3.63) is 39.8 Å². The summed E-state index contributed by atoms with van der Waals surface area (Å²) in [4.78, 5) is 4.05. The minimum Gasteiger partial charge on any atom is -0.254 e. The van der Waals surface area contributed by atoms with E-state index in [1.165, 1.54) is 6.07 Å². The summed E-state index contributed by atoms with van der Waals surface area (Å²) in [6.45, 7) is 1.84. The van der Waals surface area contributed by atoms with Crippen molar-refractivity contribution < 1.29 is 4.39 Å². The summed E-state index contributed by atoms with van der Waals surface area (Å²) in [6.07, 6.45) is 1.58. The molecule has 0 aliphatic heterocycles. The summed E-state index contributed by atoms with van der Waals surface area (Å²) < 4.78 is 13.1. The lowest BCUT2D eigenvalue weighted by Gasteiger charge is -2.04. The molecule has 1 nitrogen and oxygen atoms in total. The average molecular weight is 230 g/mol. The summed E-state index contributed by atoms with van der Waals surface area (Å²) in [5, 5.41) is 1.26. The van der Waals surface area contributed by atoms with Crippen LogP contribution in [0, 0.1) is 12.7 Å². The third kappa shape index (κ3) is 1.35. The van der Waals surface area contributed by atoms with Crippen LogP contribution in [-0.2, 0) is 0 Å². The van der Waals surface area contributed by atoms with Crippen molar-refractivity contribution in [2.24, 2.45) is 0 Å². The maximum absolute atomic E-state index is 13.1. The third-order valence-electron chi connectivity index (χ3n) is 2.04. The van der Waals surface area contributed by atoms with Crippen molar-refractivity contribution >= 4 is 34.1 Å². The van der Waals surface area contributed by atoms with Gasteiger partial charge in [0.1, 0.15) is 10.8 Å². The lowest BCUT2D eigenvalue weighted by Crippen LogP contribution is -1.87. The number of fused-ring (bicyclic) bond motifs is 1. The second-order valence-electron chi connectivity index (χ2n) is 3.01. The van der Waals surface area contributed by atoms with Crippen molar-refractivity contribution in [3.63, 3.8) is 0 Å². The van der Waals surface area contributed by atoms with Crippen molar-refractivity contribution in [1.82, 2.24) is 4.98 Å². The number of hydrogen-bond acceptors (Lipinski definition) is 1. The molecule has 0 saturated heterocycles. The minimum atomic E-state index is -0.480. The van der Waals surface area contributed by atoms with E-state index in [2.05, 4.69) is 4.98 Å². The Hall–Kier alpha value is -0.860. The molecule has 72 valence electrons. The molecule has 0 N–H and O–H groups in total. The highest BCUT2D eigenvalue weighted by Crippen LogP contribution is 2.30. The number of halogens is 3. The van der Waals surface area contributed by atoms with Crippen LogP contribution in [-0.4, -0.2) is 4.98 Å². The Kier molecular flexibility index (Phi) is 2.33. The van der Waals surface area contributed by atoms with Crippen LogP contribution in [0.1, 0.15) is 5.56 Å². The molecule has 2 aromatic rings. The SMILES string of the molecule is Cc1cnc2c(Cl)c(F)ccc2c1Cl. The molecular formula is C10H6Cl2FN. The summed E-state index contributed by atoms with van der Waals surface area (Å²) >= 11 is 11.8. The molecule has 0 aliphatic rings. The second kappa shape index (κ2) is 3.37. The molecular weight excluding hydrogens is 224 g/mol. The number of benzene rings is 1. The topological polar surface area (TPSA) is 12.9 Å². The normalized spacial score (nSPS) is 10.9. The Labute approximate surface area is 90.5 Å². The fraction of sp³-hybridized carbons (Fsp3) is 0.100. The van der Waals surface area contributed by atoms with Gasteiger partial charge in [0, 0.05) is 11.6 Å². The van der Waals surface area contributed by atoms with E-state index < -0.39 is 5.82 Å². The molecule has 2 rings (SSSR count). The highest BCUT2D eigenvalue weighted by atomic mass is 35.5. The maximum Gasteiger partial charge on any atom is 0.144 e. The number of aromatic nitrogens is 1. The van der Waals surface area contributed by atoms with Crippen LogP contribution < -0.4 is 0 Å². The molecule has 0 fully saturated rings. The number of aryl methyl sites for hydroxylation is 1. The van der Waals surface area contributed by atoms with Crippen LogP contribution in [0.5, 0.6) is 0 Å². The van der Waals surface area contributed by atoms with E-state index in [0.717, 1.165) is 5.56 Å². The second-order valence-corrected chi connectivity index (χ2v) is 3.77. The Morgan fingerprint density at radius 1 is 1.21 bits per heavy atom. The number of pyridine rings is 1. The van der Waals surface area contributed by atoms with Gasteiger partial charge in [-0.15, -0.1) is 0 Å². The highest BCUT2D eigenvalue weighted by Gasteiger charge is 2.09. The van der Waals surface area contributed by atoms with Gasteiger partial charge in [0.2, 0.25) is 0 Å². The van der Waals surface area contributed by atoms with E-state index in [0.29, 0.717) is 15.9 Å². The summed E-state index contributed by atoms with van der Waals surface area (Å²) in [5.74, 6) is -0.480. The van der Waals surface area contributed by atoms with Crippen molar-refractivity contribution in [2.45, 2.75) is 6.92 Å². The average Bonchev–Trinajstić information content (AvgIpc) is 2.17. The molecule has 1 aromatic carbocycles. The first-order valence-corrected chi connectivity index (χ1v) is 4.75. The summed E-state index contributed by atoms with van der Waals surface area (Å²) in [6, 6.07) is 2.87. The molecule has 0 atom stereocenters. The smallest absolute Gasteiger partial charge is 0.144 e. The van der Waals surface area contributed by atoms with Crippen LogP contribution in [0.25, 0.3) is 10.9 Å². The van der Waals surface area contributed by atoms with Crippen molar-refractivity contribution in [1.29, 1.82) is 0 Å². The fourth-order valence-electron chi connectivity index (χ4n) is 1.27. The Balaban J connectivity index is 2.94. The van der Waals surface area contributed by atoms with Gasteiger partial charge in [0.15, 0.2) is 0 Å². The lowest BCUT2D eigenvalue weighted by molar-refractivity contribution is 0.630. The quantitative estimate of drug-likeness (QED) is 0.666. The maximum atomic E-state index is 13.1. The van der Waals surface area contributed by atoms with E-state index in [4.69, 9.17) is 23.2 Å². The van der Waals surface area contributed by atoms with E-state index in [1.807, 2.05) is 6.92 Å². The van der Waals surface area contributed by atoms with E-state index in [9.17, 15) is 4.39 Å². The van der Waals surface area contributed by atoms with Crippen molar-refractivity contribution in [3.8, 4) is 0 Å². The first kappa shape index (κ1) is 9.69. The number of hydrogen-bond donors (Lipinski definition) is 0. The van der Waals surface area contributed by atoms with E-state index in [1.54, 1.807) is 12.3 Å². The molecule has 0 amide bonds. The zero-order chi connectivity index (χ0) is 10.3. The highest BCUT2D eigenvalue weighted by molar-refractivity contribution is 6.39. The zero-order valence-corrected chi connectivity index (χ0v) is 8.83. The predicted molar refractivity (Wildman–Crippen MR) is 56.5 cm³/mol. The van der Waals surface area contributed by atoms with Gasteiger partial charge in [0.25, 0.3) is 0 Å². The Bertz CT molecular complexity index is 464. The molecule has 0 aliphatic carbocycles. The van der Waals surface area contributed by atoms with Gasteiger partial charge in [-0.1, -0.05) is 23.2 Å². The standard InChI is InChI=1S/C10H6Cl2FN/c1-5-4-14-10-6(8(5)11)2-3-7(13)9(10)12/h2-4H,1H3. The Morgan fingerprint density at radius 2 is 1.93 bits per heavy atom. The van der Waals surface area contributed by atoms with Crippen LogP contribution in [0.3, 0.4) is 0 Å². The van der Waals surface area contributed by atoms with Gasteiger partial charge in [-0.2, -0.15) is 0 Å². The fourth-order valence-corrected chi connectivity index (χ4v) is 1.69. The minimum absolute atomic E-state index is 0.0180. The predicted octanol–water partition coefficient (Wildman–Crippen LogP) is 3.99. The first-order chi connectivity index (χ1) is 6.61. The third-order valence-corrected chi connectivity index (χ3v) is 2.90. The largest absolute Gasteiger partial charge is 0.254 e. The Morgan fingerprint density at radius 3 is 2.64 bits per heavy atom. The van der Waals surface area contributed by atoms with Crippen LogP contribution >= 0.6 is 23.2 Å². The van der Waals surface area contributed by atoms with Gasteiger partial charge in [0.05, 0.1) is 10.5 Å². The molecule has 1 aromatic heterocycles. The van der Waals surface area contributed by atoms with Crippen LogP contribution in [0.4, 0.5) is 4.39 Å². The zero-order valence-electron chi connectivity index (χ0n) is 7.31. The molecule has 0 spiro atoms. The molecule has 4 heteroatoms. The molecule has 0 unspecified atom stereocenters. The molecule has 0 bridgehead atoms. The van der Waals surface area contributed by atoms with E-state index in [-0.39, 0.29) is 5.02 Å². The molecule has 1 heterocycles. The first-order valence-electron chi connectivity index (χ1n) is 4.00. The van der Waals surface area contributed by atoms with Gasteiger partial charge < -0.3 is 0 Å². The van der Waals surface area contributed by atoms with Gasteiger partial charge >= 0.3 is 0 Å². The van der Waals surface area contributed by atoms with Crippen molar-refractivity contribution in [2.75, 3.05) is 0 Å². The number of nitrogens with zero attached hydrogens (tertiary/aromatic N) is 1. The van der Waals surface area contributed by atoms with E-state index >= 15 is 0 Å². The van der Waals surface area contributed by atoms with Crippen LogP contribution in [0.2, 0.25) is 10.0 Å². The monoisotopic (exact) mass is 229 g/mol. The summed E-state index contributed by atoms with van der Waals surface area (Å²) in [7, 11) is 0. The molecule has 0 radical (unpaired) electrons. The van der Waals surface area contributed by atoms with Gasteiger partial charge in [-0.05, 0) is 24.6 Å². The van der Waals surface area contributed by atoms with Crippen LogP contribution in [0.15, 0.2) is 18.3 Å². The lowest BCUT2D eigenvalue weighted by atomic mass is 10.1. The van der Waals surface area contributed by atoms with Gasteiger partial charge in [-0.3, -0.25) is 4.98 Å². The molecule has 14 heavy (non-hydrogen) atoms. The number of rotatable bonds is 0. The summed E-state index contributed by atoms with van der Waals surface area (Å²) in [5.41, 5.74) is 1.25. The van der Waals surface area contributed by atoms with Gasteiger partial charge in [-0.25, -0.2) is 4.39 Å².